The standard InChI is InChI=1S/C16H14ClNO2/c1-12(19)20-11-14-4-2-3-5-16(14)18-10-13-6-8-15(17)9-7-13/h2-10H,11H2,1H3/b18-10+. The highest BCUT2D eigenvalue weighted by atomic mass is 35.5. The van der Waals surface area contributed by atoms with E-state index in [0.717, 1.165) is 16.8 Å². The Kier molecular flexibility index (Phi) is 4.91. The van der Waals surface area contributed by atoms with E-state index in [-0.39, 0.29) is 12.6 Å². The number of aliphatic imine (C=N–C) groups is 1. The molecule has 2 rings (SSSR count). The fraction of sp³-hybridized carbons (Fsp3) is 0.125. The van der Waals surface area contributed by atoms with Crippen LogP contribution in [0.4, 0.5) is 5.69 Å². The molecule has 0 unspecified atom stereocenters. The molecule has 0 saturated heterocycles. The molecule has 0 aromatic heterocycles. The second kappa shape index (κ2) is 6.87. The van der Waals surface area contributed by atoms with Crippen molar-refractivity contribution in [2.75, 3.05) is 0 Å². The number of hydrogen-bond acceptors (Lipinski definition) is 3. The Labute approximate surface area is 122 Å². The normalized spacial score (nSPS) is 10.7. The third kappa shape index (κ3) is 4.21. The maximum Gasteiger partial charge on any atom is 0.302 e. The molecule has 2 aromatic carbocycles. The molecule has 2 aromatic rings. The van der Waals surface area contributed by atoms with Crippen LogP contribution in [-0.2, 0) is 16.1 Å². The van der Waals surface area contributed by atoms with Gasteiger partial charge >= 0.3 is 5.97 Å². The third-order valence-corrected chi connectivity index (χ3v) is 2.90. The van der Waals surface area contributed by atoms with Crippen molar-refractivity contribution in [3.63, 3.8) is 0 Å². The van der Waals surface area contributed by atoms with Crippen LogP contribution in [0.25, 0.3) is 0 Å². The summed E-state index contributed by atoms with van der Waals surface area (Å²) in [5.41, 5.74) is 2.60. The van der Waals surface area contributed by atoms with Crippen molar-refractivity contribution in [1.82, 2.24) is 0 Å². The molecule has 20 heavy (non-hydrogen) atoms. The lowest BCUT2D eigenvalue weighted by Gasteiger charge is -2.05. The summed E-state index contributed by atoms with van der Waals surface area (Å²) < 4.78 is 5.01. The number of halogens is 1. The second-order valence-corrected chi connectivity index (χ2v) is 4.66. The van der Waals surface area contributed by atoms with Gasteiger partial charge in [-0.05, 0) is 23.8 Å². The van der Waals surface area contributed by atoms with Gasteiger partial charge in [-0.3, -0.25) is 9.79 Å². The average molecular weight is 288 g/mol. The summed E-state index contributed by atoms with van der Waals surface area (Å²) in [6, 6.07) is 15.0. The lowest BCUT2D eigenvalue weighted by Crippen LogP contribution is -1.98. The number of para-hydroxylation sites is 1. The molecule has 0 N–H and O–H groups in total. The predicted octanol–water partition coefficient (Wildman–Crippen LogP) is 4.15. The molecule has 0 spiro atoms. The molecule has 0 saturated carbocycles. The monoisotopic (exact) mass is 287 g/mol. The minimum absolute atomic E-state index is 0.226. The van der Waals surface area contributed by atoms with Crippen molar-refractivity contribution in [3.05, 3.63) is 64.7 Å². The summed E-state index contributed by atoms with van der Waals surface area (Å²) in [4.78, 5) is 15.3. The van der Waals surface area contributed by atoms with E-state index in [2.05, 4.69) is 4.99 Å². The Morgan fingerprint density at radius 2 is 1.90 bits per heavy atom. The van der Waals surface area contributed by atoms with E-state index in [1.807, 2.05) is 48.5 Å². The first-order chi connectivity index (χ1) is 9.65. The Morgan fingerprint density at radius 1 is 1.20 bits per heavy atom. The summed E-state index contributed by atoms with van der Waals surface area (Å²) in [5, 5.41) is 0.692. The van der Waals surface area contributed by atoms with Crippen LogP contribution >= 0.6 is 11.6 Å². The molecular weight excluding hydrogens is 274 g/mol. The molecule has 0 heterocycles. The minimum atomic E-state index is -0.304. The summed E-state index contributed by atoms with van der Waals surface area (Å²) in [5.74, 6) is -0.304. The van der Waals surface area contributed by atoms with Gasteiger partial charge in [0.15, 0.2) is 0 Å². The van der Waals surface area contributed by atoms with E-state index < -0.39 is 0 Å². The first kappa shape index (κ1) is 14.3. The highest BCUT2D eigenvalue weighted by Gasteiger charge is 2.02. The first-order valence-electron chi connectivity index (χ1n) is 6.16. The number of nitrogens with zero attached hydrogens (tertiary/aromatic N) is 1. The van der Waals surface area contributed by atoms with Gasteiger partial charge in [0.1, 0.15) is 6.61 Å². The number of hydrogen-bond donors (Lipinski definition) is 0. The number of ether oxygens (including phenoxy) is 1. The van der Waals surface area contributed by atoms with Gasteiger partial charge in [0.05, 0.1) is 5.69 Å². The van der Waals surface area contributed by atoms with Crippen LogP contribution in [0.1, 0.15) is 18.1 Å². The van der Waals surface area contributed by atoms with Crippen molar-refractivity contribution in [3.8, 4) is 0 Å². The Balaban J connectivity index is 2.16. The second-order valence-electron chi connectivity index (χ2n) is 4.22. The number of benzene rings is 2. The molecule has 0 bridgehead atoms. The largest absolute Gasteiger partial charge is 0.461 e. The van der Waals surface area contributed by atoms with Crippen LogP contribution in [0.3, 0.4) is 0 Å². The summed E-state index contributed by atoms with van der Waals surface area (Å²) in [6.07, 6.45) is 1.75. The number of rotatable bonds is 4. The van der Waals surface area contributed by atoms with Crippen LogP contribution in [0.5, 0.6) is 0 Å². The Morgan fingerprint density at radius 3 is 2.60 bits per heavy atom. The van der Waals surface area contributed by atoms with E-state index in [4.69, 9.17) is 16.3 Å². The molecule has 0 radical (unpaired) electrons. The van der Waals surface area contributed by atoms with Crippen LogP contribution in [0.2, 0.25) is 5.02 Å². The molecule has 0 aliphatic carbocycles. The topological polar surface area (TPSA) is 38.7 Å². The van der Waals surface area contributed by atoms with Crippen molar-refractivity contribution in [2.24, 2.45) is 4.99 Å². The molecule has 0 atom stereocenters. The molecule has 102 valence electrons. The zero-order chi connectivity index (χ0) is 14.4. The van der Waals surface area contributed by atoms with Gasteiger partial charge in [-0.2, -0.15) is 0 Å². The van der Waals surface area contributed by atoms with E-state index >= 15 is 0 Å². The molecule has 0 aliphatic rings. The summed E-state index contributed by atoms with van der Waals surface area (Å²) in [7, 11) is 0. The van der Waals surface area contributed by atoms with Gasteiger partial charge in [0.2, 0.25) is 0 Å². The highest BCUT2D eigenvalue weighted by Crippen LogP contribution is 2.19. The van der Waals surface area contributed by atoms with Gasteiger partial charge in [0, 0.05) is 23.7 Å². The summed E-state index contributed by atoms with van der Waals surface area (Å²) >= 11 is 5.83. The van der Waals surface area contributed by atoms with Crippen molar-refractivity contribution < 1.29 is 9.53 Å². The van der Waals surface area contributed by atoms with Crippen molar-refractivity contribution in [2.45, 2.75) is 13.5 Å². The smallest absolute Gasteiger partial charge is 0.302 e. The average Bonchev–Trinajstić information content (AvgIpc) is 2.45. The molecule has 0 fully saturated rings. The first-order valence-corrected chi connectivity index (χ1v) is 6.54. The number of carbonyl (C=O) groups is 1. The maximum atomic E-state index is 10.9. The van der Waals surface area contributed by atoms with Gasteiger partial charge in [0.25, 0.3) is 0 Å². The van der Waals surface area contributed by atoms with Gasteiger partial charge in [-0.25, -0.2) is 0 Å². The van der Waals surface area contributed by atoms with E-state index in [1.165, 1.54) is 6.92 Å². The fourth-order valence-corrected chi connectivity index (χ4v) is 1.76. The summed E-state index contributed by atoms with van der Waals surface area (Å²) in [6.45, 7) is 1.61. The van der Waals surface area contributed by atoms with Crippen LogP contribution in [-0.4, -0.2) is 12.2 Å². The van der Waals surface area contributed by atoms with Crippen molar-refractivity contribution in [1.29, 1.82) is 0 Å². The molecule has 0 amide bonds. The fourth-order valence-electron chi connectivity index (χ4n) is 1.63. The van der Waals surface area contributed by atoms with Crippen LogP contribution in [0, 0.1) is 0 Å². The number of esters is 1. The van der Waals surface area contributed by atoms with E-state index in [1.54, 1.807) is 6.21 Å². The number of carbonyl (C=O) groups excluding carboxylic acids is 1. The SMILES string of the molecule is CC(=O)OCc1ccccc1/N=C/c1ccc(Cl)cc1. The third-order valence-electron chi connectivity index (χ3n) is 2.65. The van der Waals surface area contributed by atoms with Crippen LogP contribution < -0.4 is 0 Å². The van der Waals surface area contributed by atoms with Crippen molar-refractivity contribution >= 4 is 29.5 Å². The zero-order valence-corrected chi connectivity index (χ0v) is 11.8. The maximum absolute atomic E-state index is 10.9. The predicted molar refractivity (Wildman–Crippen MR) is 80.6 cm³/mol. The minimum Gasteiger partial charge on any atom is -0.461 e. The molecular formula is C16H14ClNO2. The highest BCUT2D eigenvalue weighted by molar-refractivity contribution is 6.30. The van der Waals surface area contributed by atoms with E-state index in [0.29, 0.717) is 5.02 Å². The van der Waals surface area contributed by atoms with E-state index in [9.17, 15) is 4.79 Å². The molecule has 4 heteroatoms. The lowest BCUT2D eigenvalue weighted by atomic mass is 10.2. The van der Waals surface area contributed by atoms with Crippen LogP contribution in [0.15, 0.2) is 53.5 Å². The Bertz CT molecular complexity index is 621. The van der Waals surface area contributed by atoms with Gasteiger partial charge in [-0.15, -0.1) is 0 Å². The molecule has 3 nitrogen and oxygen atoms in total. The quantitative estimate of drug-likeness (QED) is 0.626. The zero-order valence-electron chi connectivity index (χ0n) is 11.0. The Hall–Kier alpha value is -2.13. The molecule has 0 aliphatic heterocycles. The van der Waals surface area contributed by atoms with Gasteiger partial charge in [-0.1, -0.05) is 41.9 Å². The lowest BCUT2D eigenvalue weighted by molar-refractivity contribution is -0.142. The van der Waals surface area contributed by atoms with Gasteiger partial charge < -0.3 is 4.74 Å².